The number of nitrogens with one attached hydrogen (secondary N) is 1. The zero-order valence-electron chi connectivity index (χ0n) is 17.0. The Morgan fingerprint density at radius 3 is 2.28 bits per heavy atom. The Balaban J connectivity index is 1.52. The van der Waals surface area contributed by atoms with E-state index in [1.165, 1.54) is 6.08 Å². The largest absolute Gasteiger partial charge is 0.368 e. The van der Waals surface area contributed by atoms with Crippen molar-refractivity contribution in [3.8, 4) is 0 Å². The first-order valence-electron chi connectivity index (χ1n) is 10.2. The number of carbonyl (C=O) groups is 2. The predicted molar refractivity (Wildman–Crippen MR) is 117 cm³/mol. The van der Waals surface area contributed by atoms with Gasteiger partial charge in [0.15, 0.2) is 0 Å². The van der Waals surface area contributed by atoms with Crippen molar-refractivity contribution in [3.05, 3.63) is 78.4 Å². The Hall–Kier alpha value is -3.08. The number of anilines is 1. The van der Waals surface area contributed by atoms with E-state index in [-0.39, 0.29) is 17.7 Å². The van der Waals surface area contributed by atoms with E-state index in [2.05, 4.69) is 41.1 Å². The number of piperazine rings is 1. The third kappa shape index (κ3) is 5.25. The first-order valence-corrected chi connectivity index (χ1v) is 10.2. The van der Waals surface area contributed by atoms with Crippen LogP contribution in [0.5, 0.6) is 0 Å². The molecule has 1 unspecified atom stereocenters. The van der Waals surface area contributed by atoms with Crippen LogP contribution in [0, 0.1) is 0 Å². The van der Waals surface area contributed by atoms with Crippen LogP contribution in [0.15, 0.2) is 67.3 Å². The second-order valence-corrected chi connectivity index (χ2v) is 7.27. The van der Waals surface area contributed by atoms with Crippen LogP contribution in [-0.4, -0.2) is 42.9 Å². The van der Waals surface area contributed by atoms with E-state index in [9.17, 15) is 9.59 Å². The van der Waals surface area contributed by atoms with Crippen LogP contribution in [-0.2, 0) is 16.1 Å². The first-order chi connectivity index (χ1) is 14.1. The van der Waals surface area contributed by atoms with Crippen LogP contribution in [0.4, 0.5) is 5.69 Å². The Morgan fingerprint density at radius 1 is 1.03 bits per heavy atom. The summed E-state index contributed by atoms with van der Waals surface area (Å²) in [4.78, 5) is 28.4. The topological polar surface area (TPSA) is 52.7 Å². The van der Waals surface area contributed by atoms with Gasteiger partial charge in [0.2, 0.25) is 11.8 Å². The van der Waals surface area contributed by atoms with Crippen molar-refractivity contribution in [2.75, 3.05) is 31.1 Å². The van der Waals surface area contributed by atoms with Gasteiger partial charge < -0.3 is 15.1 Å². The van der Waals surface area contributed by atoms with Gasteiger partial charge >= 0.3 is 0 Å². The van der Waals surface area contributed by atoms with Gasteiger partial charge in [-0.05, 0) is 35.8 Å². The van der Waals surface area contributed by atoms with Crippen molar-refractivity contribution in [3.63, 3.8) is 0 Å². The molecule has 152 valence electrons. The quantitative estimate of drug-likeness (QED) is 0.737. The van der Waals surface area contributed by atoms with Crippen LogP contribution >= 0.6 is 0 Å². The molecule has 0 aliphatic carbocycles. The summed E-state index contributed by atoms with van der Waals surface area (Å²) in [7, 11) is 0. The number of benzene rings is 2. The molecule has 0 spiro atoms. The maximum atomic E-state index is 12.6. The fraction of sp³-hybridized carbons (Fsp3) is 0.333. The Labute approximate surface area is 173 Å². The van der Waals surface area contributed by atoms with Crippen molar-refractivity contribution < 1.29 is 9.59 Å². The lowest BCUT2D eigenvalue weighted by molar-refractivity contribution is -0.126. The summed E-state index contributed by atoms with van der Waals surface area (Å²) in [5.41, 5.74) is 3.27. The molecule has 3 rings (SSSR count). The minimum absolute atomic E-state index is 0.00312. The van der Waals surface area contributed by atoms with Gasteiger partial charge in [-0.15, -0.1) is 0 Å². The average molecular weight is 392 g/mol. The number of hydrogen-bond donors (Lipinski definition) is 1. The molecular formula is C24H29N3O2. The highest BCUT2D eigenvalue weighted by Gasteiger charge is 2.20. The maximum Gasteiger partial charge on any atom is 0.246 e. The predicted octanol–water partition coefficient (Wildman–Crippen LogP) is 3.33. The standard InChI is InChI=1S/C24H29N3O2/c1-3-22(20-8-6-5-7-9-20)24(29)25-18-19-10-12-21(13-11-19)26-14-16-27(17-15-26)23(28)4-2/h4-13,22H,2-3,14-18H2,1H3,(H,25,29). The van der Waals surface area contributed by atoms with Crippen LogP contribution in [0.3, 0.4) is 0 Å². The summed E-state index contributed by atoms with van der Waals surface area (Å²) in [6.45, 7) is 9.14. The van der Waals surface area contributed by atoms with Crippen molar-refractivity contribution in [1.29, 1.82) is 0 Å². The molecule has 29 heavy (non-hydrogen) atoms. The number of nitrogens with zero attached hydrogens (tertiary/aromatic N) is 2. The summed E-state index contributed by atoms with van der Waals surface area (Å²) in [5.74, 6) is -0.0625. The molecule has 5 heteroatoms. The lowest BCUT2D eigenvalue weighted by Crippen LogP contribution is -2.48. The van der Waals surface area contributed by atoms with Crippen LogP contribution in [0.25, 0.3) is 0 Å². The second-order valence-electron chi connectivity index (χ2n) is 7.27. The molecule has 5 nitrogen and oxygen atoms in total. The lowest BCUT2D eigenvalue weighted by atomic mass is 9.95. The van der Waals surface area contributed by atoms with Crippen molar-refractivity contribution in [1.82, 2.24) is 10.2 Å². The van der Waals surface area contributed by atoms with Gasteiger partial charge in [-0.2, -0.15) is 0 Å². The molecule has 2 aromatic carbocycles. The Morgan fingerprint density at radius 2 is 1.69 bits per heavy atom. The molecule has 1 heterocycles. The van der Waals surface area contributed by atoms with E-state index < -0.39 is 0 Å². The highest BCUT2D eigenvalue weighted by molar-refractivity contribution is 5.87. The van der Waals surface area contributed by atoms with Gasteiger partial charge in [0, 0.05) is 38.4 Å². The zero-order chi connectivity index (χ0) is 20.6. The number of carbonyl (C=O) groups excluding carboxylic acids is 2. The van der Waals surface area contributed by atoms with Gasteiger partial charge in [-0.3, -0.25) is 9.59 Å². The SMILES string of the molecule is C=CC(=O)N1CCN(c2ccc(CNC(=O)C(CC)c3ccccc3)cc2)CC1. The molecule has 1 aliphatic heterocycles. The van der Waals surface area contributed by atoms with Gasteiger partial charge in [0.25, 0.3) is 0 Å². The smallest absolute Gasteiger partial charge is 0.246 e. The fourth-order valence-corrected chi connectivity index (χ4v) is 3.71. The summed E-state index contributed by atoms with van der Waals surface area (Å²) < 4.78 is 0. The summed E-state index contributed by atoms with van der Waals surface area (Å²) in [6.07, 6.45) is 2.15. The number of rotatable bonds is 7. The molecular weight excluding hydrogens is 362 g/mol. The third-order valence-electron chi connectivity index (χ3n) is 5.46. The minimum Gasteiger partial charge on any atom is -0.368 e. The third-order valence-corrected chi connectivity index (χ3v) is 5.46. The van der Waals surface area contributed by atoms with Crippen LogP contribution in [0.1, 0.15) is 30.4 Å². The normalized spacial score (nSPS) is 14.9. The molecule has 1 saturated heterocycles. The highest BCUT2D eigenvalue weighted by Crippen LogP contribution is 2.20. The van der Waals surface area contributed by atoms with Crippen molar-refractivity contribution in [2.45, 2.75) is 25.8 Å². The zero-order valence-corrected chi connectivity index (χ0v) is 17.0. The molecule has 0 aromatic heterocycles. The first kappa shape index (κ1) is 20.6. The average Bonchev–Trinajstić information content (AvgIpc) is 2.79. The van der Waals surface area contributed by atoms with E-state index in [0.29, 0.717) is 19.6 Å². The highest BCUT2D eigenvalue weighted by atomic mass is 16.2. The monoisotopic (exact) mass is 391 g/mol. The van der Waals surface area contributed by atoms with E-state index in [4.69, 9.17) is 0 Å². The second kappa shape index (κ2) is 9.92. The van der Waals surface area contributed by atoms with E-state index in [1.54, 1.807) is 0 Å². The summed E-state index contributed by atoms with van der Waals surface area (Å²) in [6, 6.07) is 18.2. The summed E-state index contributed by atoms with van der Waals surface area (Å²) in [5, 5.41) is 3.07. The molecule has 1 N–H and O–H groups in total. The van der Waals surface area contributed by atoms with E-state index >= 15 is 0 Å². The van der Waals surface area contributed by atoms with E-state index in [0.717, 1.165) is 36.3 Å². The molecule has 1 aliphatic rings. The van der Waals surface area contributed by atoms with Gasteiger partial charge in [0.05, 0.1) is 5.92 Å². The maximum absolute atomic E-state index is 12.6. The van der Waals surface area contributed by atoms with Crippen molar-refractivity contribution in [2.24, 2.45) is 0 Å². The van der Waals surface area contributed by atoms with E-state index in [1.807, 2.05) is 42.2 Å². The molecule has 0 radical (unpaired) electrons. The summed E-state index contributed by atoms with van der Waals surface area (Å²) >= 11 is 0. The fourth-order valence-electron chi connectivity index (χ4n) is 3.71. The van der Waals surface area contributed by atoms with Gasteiger partial charge in [0.1, 0.15) is 0 Å². The number of hydrogen-bond acceptors (Lipinski definition) is 3. The molecule has 1 atom stereocenters. The molecule has 2 aromatic rings. The molecule has 0 bridgehead atoms. The molecule has 1 fully saturated rings. The van der Waals surface area contributed by atoms with Crippen LogP contribution < -0.4 is 10.2 Å². The molecule has 0 saturated carbocycles. The number of amides is 2. The Bertz CT molecular complexity index is 825. The van der Waals surface area contributed by atoms with Gasteiger partial charge in [-0.1, -0.05) is 56.0 Å². The lowest BCUT2D eigenvalue weighted by Gasteiger charge is -2.35. The van der Waals surface area contributed by atoms with Crippen molar-refractivity contribution >= 4 is 17.5 Å². The molecule has 2 amide bonds. The minimum atomic E-state index is -0.120. The Kier molecular flexibility index (Phi) is 7.06. The van der Waals surface area contributed by atoms with Crippen LogP contribution in [0.2, 0.25) is 0 Å². The van der Waals surface area contributed by atoms with Gasteiger partial charge in [-0.25, -0.2) is 0 Å².